The third-order valence-electron chi connectivity index (χ3n) is 5.46. The van der Waals surface area contributed by atoms with Crippen LogP contribution in [0.1, 0.15) is 40.0 Å². The molecule has 2 aromatic carbocycles. The molecular formula is C23H21N5O2. The number of hydrogen-bond acceptors (Lipinski definition) is 6. The zero-order valence-electron chi connectivity index (χ0n) is 16.4. The molecule has 7 heteroatoms. The minimum absolute atomic E-state index is 0.298. The van der Waals surface area contributed by atoms with Gasteiger partial charge in [0.2, 0.25) is 0 Å². The maximum Gasteiger partial charge on any atom is 0.252 e. The van der Waals surface area contributed by atoms with E-state index in [2.05, 4.69) is 22.6 Å². The summed E-state index contributed by atoms with van der Waals surface area (Å²) in [5, 5.41) is 8.34. The molecule has 0 saturated heterocycles. The molecule has 0 aliphatic heterocycles. The van der Waals surface area contributed by atoms with Gasteiger partial charge in [-0.05, 0) is 43.4 Å². The monoisotopic (exact) mass is 399 g/mol. The first-order chi connectivity index (χ1) is 14.7. The van der Waals surface area contributed by atoms with E-state index in [9.17, 15) is 4.79 Å². The van der Waals surface area contributed by atoms with Crippen molar-refractivity contribution in [2.24, 2.45) is 5.73 Å². The van der Waals surface area contributed by atoms with Crippen molar-refractivity contribution >= 4 is 22.7 Å². The van der Waals surface area contributed by atoms with E-state index in [4.69, 9.17) is 20.2 Å². The van der Waals surface area contributed by atoms with Crippen molar-refractivity contribution in [3.8, 4) is 11.5 Å². The lowest BCUT2D eigenvalue weighted by Crippen LogP contribution is -2.14. The molecule has 1 aliphatic rings. The Labute approximate surface area is 173 Å². The van der Waals surface area contributed by atoms with Crippen LogP contribution in [0.3, 0.4) is 0 Å². The summed E-state index contributed by atoms with van der Waals surface area (Å²) in [4.78, 5) is 21.3. The van der Waals surface area contributed by atoms with Crippen LogP contribution in [0.5, 0.6) is 0 Å². The van der Waals surface area contributed by atoms with Gasteiger partial charge in [-0.2, -0.15) is 0 Å². The number of benzene rings is 2. The molecule has 150 valence electrons. The smallest absolute Gasteiger partial charge is 0.252 e. The summed E-state index contributed by atoms with van der Waals surface area (Å²) in [5.41, 5.74) is 10.0. The van der Waals surface area contributed by atoms with Gasteiger partial charge in [-0.3, -0.25) is 4.79 Å². The number of carbonyl (C=O) groups excluding carboxylic acids is 1. The van der Waals surface area contributed by atoms with Crippen LogP contribution < -0.4 is 11.1 Å². The molecule has 0 unspecified atom stereocenters. The molecule has 7 nitrogen and oxygen atoms in total. The standard InChI is InChI=1S/C23H21N5O2/c24-21(29)17-11-6-10-16-19(28-30-20(16)17)23-26-18-12-5-4-9-15(18)22(27-23)25-13-14-7-2-1-3-8-14/h1-3,6-8,10-11H,4-5,9,12-13H2,(H2,24,29)(H,25,26,27). The molecular weight excluding hydrogens is 378 g/mol. The Hall–Kier alpha value is -3.74. The highest BCUT2D eigenvalue weighted by molar-refractivity contribution is 6.06. The number of fused-ring (bicyclic) bond motifs is 2. The van der Waals surface area contributed by atoms with Crippen LogP contribution in [0.15, 0.2) is 53.1 Å². The van der Waals surface area contributed by atoms with Crippen molar-refractivity contribution in [3.05, 3.63) is 70.9 Å². The number of aryl methyl sites for hydroxylation is 1. The molecule has 0 spiro atoms. The number of nitrogens with zero attached hydrogens (tertiary/aromatic N) is 3. The number of nitrogens with one attached hydrogen (secondary N) is 1. The van der Waals surface area contributed by atoms with Crippen LogP contribution in [-0.4, -0.2) is 21.0 Å². The first-order valence-corrected chi connectivity index (χ1v) is 10.1. The Morgan fingerprint density at radius 2 is 1.87 bits per heavy atom. The van der Waals surface area contributed by atoms with Gasteiger partial charge in [-0.15, -0.1) is 0 Å². The summed E-state index contributed by atoms with van der Waals surface area (Å²) >= 11 is 0. The van der Waals surface area contributed by atoms with Crippen LogP contribution in [0, 0.1) is 0 Å². The van der Waals surface area contributed by atoms with Gasteiger partial charge in [-0.25, -0.2) is 9.97 Å². The number of amides is 1. The van der Waals surface area contributed by atoms with E-state index in [1.807, 2.05) is 24.3 Å². The van der Waals surface area contributed by atoms with Gasteiger partial charge in [0.1, 0.15) is 5.82 Å². The number of primary amides is 1. The number of anilines is 1. The predicted molar refractivity (Wildman–Crippen MR) is 114 cm³/mol. The second-order valence-corrected chi connectivity index (χ2v) is 7.45. The number of rotatable bonds is 5. The molecule has 0 fully saturated rings. The lowest BCUT2D eigenvalue weighted by Gasteiger charge is -2.19. The first kappa shape index (κ1) is 18.3. The molecule has 30 heavy (non-hydrogen) atoms. The highest BCUT2D eigenvalue weighted by atomic mass is 16.5. The van der Waals surface area contributed by atoms with Gasteiger partial charge in [-0.1, -0.05) is 41.6 Å². The first-order valence-electron chi connectivity index (χ1n) is 10.1. The normalized spacial score (nSPS) is 13.2. The molecule has 3 N–H and O–H groups in total. The molecule has 5 rings (SSSR count). The van der Waals surface area contributed by atoms with Crippen molar-refractivity contribution in [2.45, 2.75) is 32.2 Å². The Bertz CT molecular complexity index is 1230. The number of nitrogens with two attached hydrogens (primary N) is 1. The maximum absolute atomic E-state index is 11.7. The molecule has 1 amide bonds. The van der Waals surface area contributed by atoms with Crippen molar-refractivity contribution in [1.29, 1.82) is 0 Å². The largest absolute Gasteiger partial charge is 0.366 e. The second kappa shape index (κ2) is 7.59. The van der Waals surface area contributed by atoms with Gasteiger partial charge in [0.15, 0.2) is 17.1 Å². The van der Waals surface area contributed by atoms with E-state index in [-0.39, 0.29) is 0 Å². The van der Waals surface area contributed by atoms with Crippen LogP contribution in [0.4, 0.5) is 5.82 Å². The topological polar surface area (TPSA) is 107 Å². The van der Waals surface area contributed by atoms with E-state index in [0.29, 0.717) is 34.6 Å². The zero-order valence-corrected chi connectivity index (χ0v) is 16.4. The van der Waals surface area contributed by atoms with Gasteiger partial charge in [0.25, 0.3) is 5.91 Å². The minimum atomic E-state index is -0.556. The van der Waals surface area contributed by atoms with Gasteiger partial charge < -0.3 is 15.6 Å². The van der Waals surface area contributed by atoms with E-state index >= 15 is 0 Å². The molecule has 1 aliphatic carbocycles. The average Bonchev–Trinajstić information content (AvgIpc) is 3.22. The van der Waals surface area contributed by atoms with Crippen LogP contribution in [-0.2, 0) is 19.4 Å². The third kappa shape index (κ3) is 3.28. The van der Waals surface area contributed by atoms with Crippen molar-refractivity contribution in [1.82, 2.24) is 15.1 Å². The molecule has 0 radical (unpaired) electrons. The quantitative estimate of drug-likeness (QED) is 0.527. The van der Waals surface area contributed by atoms with Crippen molar-refractivity contribution in [2.75, 3.05) is 5.32 Å². The van der Waals surface area contributed by atoms with Crippen molar-refractivity contribution in [3.63, 3.8) is 0 Å². The maximum atomic E-state index is 11.7. The Morgan fingerprint density at radius 3 is 2.70 bits per heavy atom. The predicted octanol–water partition coefficient (Wildman–Crippen LogP) is 3.87. The summed E-state index contributed by atoms with van der Waals surface area (Å²) in [7, 11) is 0. The molecule has 2 aromatic heterocycles. The lowest BCUT2D eigenvalue weighted by molar-refractivity contribution is 0.100. The van der Waals surface area contributed by atoms with Gasteiger partial charge in [0.05, 0.1) is 10.9 Å². The van der Waals surface area contributed by atoms with E-state index < -0.39 is 5.91 Å². The fourth-order valence-corrected chi connectivity index (χ4v) is 3.95. The number of hydrogen-bond donors (Lipinski definition) is 2. The SMILES string of the molecule is NC(=O)c1cccc2c(-c3nc4c(c(NCc5ccccc5)n3)CCCC4)noc12. The summed E-state index contributed by atoms with van der Waals surface area (Å²) in [6, 6.07) is 15.4. The van der Waals surface area contributed by atoms with Crippen molar-refractivity contribution < 1.29 is 9.32 Å². The molecule has 0 saturated carbocycles. The molecule has 0 atom stereocenters. The lowest BCUT2D eigenvalue weighted by atomic mass is 9.96. The second-order valence-electron chi connectivity index (χ2n) is 7.45. The molecule has 2 heterocycles. The average molecular weight is 399 g/mol. The van der Waals surface area contributed by atoms with E-state index in [1.54, 1.807) is 12.1 Å². The van der Waals surface area contributed by atoms with Gasteiger partial charge >= 0.3 is 0 Å². The van der Waals surface area contributed by atoms with E-state index in [1.165, 1.54) is 11.1 Å². The highest BCUT2D eigenvalue weighted by Gasteiger charge is 2.22. The van der Waals surface area contributed by atoms with Crippen LogP contribution in [0.25, 0.3) is 22.5 Å². The summed E-state index contributed by atoms with van der Waals surface area (Å²) in [5.74, 6) is 0.771. The van der Waals surface area contributed by atoms with Gasteiger partial charge in [0, 0.05) is 17.8 Å². The summed E-state index contributed by atoms with van der Waals surface area (Å²) < 4.78 is 5.46. The summed E-state index contributed by atoms with van der Waals surface area (Å²) in [6.07, 6.45) is 4.10. The van der Waals surface area contributed by atoms with Crippen LogP contribution in [0.2, 0.25) is 0 Å². The van der Waals surface area contributed by atoms with Crippen LogP contribution >= 0.6 is 0 Å². The Kier molecular flexibility index (Phi) is 4.63. The number of aromatic nitrogens is 3. The number of para-hydroxylation sites is 1. The highest BCUT2D eigenvalue weighted by Crippen LogP contribution is 2.32. The Morgan fingerprint density at radius 1 is 1.03 bits per heavy atom. The zero-order chi connectivity index (χ0) is 20.5. The minimum Gasteiger partial charge on any atom is -0.366 e. The molecule has 0 bridgehead atoms. The molecule has 4 aromatic rings. The third-order valence-corrected chi connectivity index (χ3v) is 5.46. The van der Waals surface area contributed by atoms with E-state index in [0.717, 1.165) is 37.2 Å². The Balaban J connectivity index is 1.58. The number of carbonyl (C=O) groups is 1. The fourth-order valence-electron chi connectivity index (χ4n) is 3.95. The summed E-state index contributed by atoms with van der Waals surface area (Å²) in [6.45, 7) is 0.676. The fraction of sp³-hybridized carbons (Fsp3) is 0.217.